The number of benzene rings is 2. The largest absolute Gasteiger partial charge is 0.493 e. The van der Waals surface area contributed by atoms with E-state index in [-0.39, 0.29) is 5.82 Å². The van der Waals surface area contributed by atoms with Gasteiger partial charge in [-0.15, -0.1) is 0 Å². The summed E-state index contributed by atoms with van der Waals surface area (Å²) in [6, 6.07) is 11.7. The van der Waals surface area contributed by atoms with Crippen LogP contribution in [0.5, 0.6) is 11.5 Å². The van der Waals surface area contributed by atoms with Crippen LogP contribution >= 0.6 is 22.6 Å². The second-order valence-electron chi connectivity index (χ2n) is 4.42. The molecule has 0 saturated heterocycles. The van der Waals surface area contributed by atoms with E-state index < -0.39 is 0 Å². The van der Waals surface area contributed by atoms with E-state index in [0.717, 1.165) is 9.13 Å². The summed E-state index contributed by atoms with van der Waals surface area (Å²) in [5, 5.41) is 9.33. The predicted molar refractivity (Wildman–Crippen MR) is 92.1 cm³/mol. The number of rotatable bonds is 4. The van der Waals surface area contributed by atoms with Crippen LogP contribution in [-0.4, -0.2) is 14.2 Å². The molecule has 0 aliphatic heterocycles. The van der Waals surface area contributed by atoms with E-state index in [1.54, 1.807) is 38.5 Å². The summed E-state index contributed by atoms with van der Waals surface area (Å²) < 4.78 is 24.8. The summed E-state index contributed by atoms with van der Waals surface area (Å²) in [7, 11) is 3.13. The lowest BCUT2D eigenvalue weighted by Gasteiger charge is -2.10. The summed E-state index contributed by atoms with van der Waals surface area (Å²) in [5.74, 6) is 0.849. The molecule has 0 radical (unpaired) electrons. The fourth-order valence-corrected chi connectivity index (χ4v) is 2.87. The summed E-state index contributed by atoms with van der Waals surface area (Å²) in [6.07, 6.45) is 1.69. The van der Waals surface area contributed by atoms with E-state index in [1.165, 1.54) is 12.1 Å². The maximum Gasteiger partial charge on any atom is 0.174 e. The first-order valence-electron chi connectivity index (χ1n) is 6.38. The molecule has 0 atom stereocenters. The van der Waals surface area contributed by atoms with Crippen LogP contribution in [0.3, 0.4) is 0 Å². The van der Waals surface area contributed by atoms with Gasteiger partial charge in [-0.05, 0) is 64.1 Å². The van der Waals surface area contributed by atoms with Gasteiger partial charge in [0.05, 0.1) is 29.4 Å². The molecular weight excluding hydrogens is 396 g/mol. The minimum atomic E-state index is -0.374. The van der Waals surface area contributed by atoms with Gasteiger partial charge in [-0.2, -0.15) is 5.26 Å². The highest BCUT2D eigenvalue weighted by atomic mass is 127. The van der Waals surface area contributed by atoms with E-state index in [1.807, 2.05) is 6.07 Å². The minimum Gasteiger partial charge on any atom is -0.493 e. The molecule has 2 aromatic carbocycles. The summed E-state index contributed by atoms with van der Waals surface area (Å²) >= 11 is 2.14. The Morgan fingerprint density at radius 3 is 2.59 bits per heavy atom. The zero-order valence-corrected chi connectivity index (χ0v) is 14.2. The van der Waals surface area contributed by atoms with Crippen LogP contribution < -0.4 is 9.47 Å². The molecule has 0 aliphatic carbocycles. The predicted octanol–water partition coefficient (Wildman–Crippen LogP) is 4.51. The molecule has 0 unspecified atom stereocenters. The van der Waals surface area contributed by atoms with Crippen molar-refractivity contribution < 1.29 is 13.9 Å². The van der Waals surface area contributed by atoms with Crippen LogP contribution in [0, 0.1) is 20.7 Å². The minimum absolute atomic E-state index is 0.374. The summed E-state index contributed by atoms with van der Waals surface area (Å²) in [6.45, 7) is 0. The lowest BCUT2D eigenvalue weighted by molar-refractivity contribution is 0.353. The first kappa shape index (κ1) is 16.3. The average Bonchev–Trinajstić information content (AvgIpc) is 2.51. The lowest BCUT2D eigenvalue weighted by atomic mass is 10.0. The maximum absolute atomic E-state index is 13.3. The van der Waals surface area contributed by atoms with Crippen molar-refractivity contribution in [3.8, 4) is 17.6 Å². The van der Waals surface area contributed by atoms with Crippen molar-refractivity contribution in [3.63, 3.8) is 0 Å². The van der Waals surface area contributed by atoms with Gasteiger partial charge < -0.3 is 9.47 Å². The van der Waals surface area contributed by atoms with Gasteiger partial charge in [0.25, 0.3) is 0 Å². The van der Waals surface area contributed by atoms with E-state index in [9.17, 15) is 9.65 Å². The number of methoxy groups -OCH3 is 2. The molecule has 2 rings (SSSR count). The number of halogens is 2. The van der Waals surface area contributed by atoms with Crippen LogP contribution in [0.4, 0.5) is 4.39 Å². The fourth-order valence-electron chi connectivity index (χ4n) is 2.02. The third kappa shape index (κ3) is 3.57. The number of allylic oxidation sites excluding steroid dienone is 1. The van der Waals surface area contributed by atoms with Crippen LogP contribution in [0.15, 0.2) is 36.4 Å². The second kappa shape index (κ2) is 7.27. The van der Waals surface area contributed by atoms with Crippen LogP contribution in [-0.2, 0) is 0 Å². The zero-order valence-electron chi connectivity index (χ0n) is 12.1. The molecule has 0 fully saturated rings. The normalized spacial score (nSPS) is 11.0. The van der Waals surface area contributed by atoms with Crippen LogP contribution in [0.25, 0.3) is 11.6 Å². The van der Waals surface area contributed by atoms with Gasteiger partial charge >= 0.3 is 0 Å². The smallest absolute Gasteiger partial charge is 0.174 e. The quantitative estimate of drug-likeness (QED) is 0.424. The topological polar surface area (TPSA) is 42.2 Å². The maximum atomic E-state index is 13.3. The number of hydrogen-bond acceptors (Lipinski definition) is 3. The SMILES string of the molecule is COc1cc(/C=C(\C#N)c2cccc(F)c2)cc(I)c1OC. The van der Waals surface area contributed by atoms with Crippen molar-refractivity contribution in [1.82, 2.24) is 0 Å². The second-order valence-corrected chi connectivity index (χ2v) is 5.58. The molecule has 22 heavy (non-hydrogen) atoms. The van der Waals surface area contributed by atoms with Crippen LogP contribution in [0.2, 0.25) is 0 Å². The third-order valence-corrected chi connectivity index (χ3v) is 3.82. The van der Waals surface area contributed by atoms with Crippen molar-refractivity contribution >= 4 is 34.2 Å². The summed E-state index contributed by atoms with van der Waals surface area (Å²) in [4.78, 5) is 0. The molecule has 0 bridgehead atoms. The average molecular weight is 409 g/mol. The van der Waals surface area contributed by atoms with Crippen molar-refractivity contribution in [2.24, 2.45) is 0 Å². The van der Waals surface area contributed by atoms with Crippen molar-refractivity contribution in [3.05, 3.63) is 56.9 Å². The highest BCUT2D eigenvalue weighted by Crippen LogP contribution is 2.34. The molecule has 3 nitrogen and oxygen atoms in total. The Morgan fingerprint density at radius 1 is 1.23 bits per heavy atom. The van der Waals surface area contributed by atoms with Gasteiger partial charge in [-0.3, -0.25) is 0 Å². The van der Waals surface area contributed by atoms with E-state index >= 15 is 0 Å². The molecule has 0 amide bonds. The Bertz CT molecular complexity index is 766. The van der Waals surface area contributed by atoms with Gasteiger partial charge in [0.15, 0.2) is 11.5 Å². The molecule has 0 N–H and O–H groups in total. The molecule has 0 heterocycles. The zero-order chi connectivity index (χ0) is 16.1. The molecule has 0 spiro atoms. The van der Waals surface area contributed by atoms with Crippen LogP contribution in [0.1, 0.15) is 11.1 Å². The molecular formula is C17H13FINO2. The Hall–Kier alpha value is -2.07. The monoisotopic (exact) mass is 409 g/mol. The Morgan fingerprint density at radius 2 is 2.00 bits per heavy atom. The van der Waals surface area contributed by atoms with Crippen molar-refractivity contribution in [2.45, 2.75) is 0 Å². The van der Waals surface area contributed by atoms with E-state index in [2.05, 4.69) is 28.7 Å². The molecule has 0 saturated carbocycles. The van der Waals surface area contributed by atoms with Gasteiger partial charge in [0, 0.05) is 0 Å². The Kier molecular flexibility index (Phi) is 5.39. The molecule has 0 aliphatic rings. The van der Waals surface area contributed by atoms with Gasteiger partial charge in [0.2, 0.25) is 0 Å². The number of ether oxygens (including phenoxy) is 2. The van der Waals surface area contributed by atoms with Crippen molar-refractivity contribution in [2.75, 3.05) is 14.2 Å². The highest BCUT2D eigenvalue weighted by Gasteiger charge is 2.10. The Labute approximate surface area is 142 Å². The first-order valence-corrected chi connectivity index (χ1v) is 7.46. The lowest BCUT2D eigenvalue weighted by Crippen LogP contribution is -1.94. The molecule has 0 aromatic heterocycles. The highest BCUT2D eigenvalue weighted by molar-refractivity contribution is 14.1. The third-order valence-electron chi connectivity index (χ3n) is 3.02. The van der Waals surface area contributed by atoms with Gasteiger partial charge in [-0.25, -0.2) is 4.39 Å². The van der Waals surface area contributed by atoms with Crippen molar-refractivity contribution in [1.29, 1.82) is 5.26 Å². The molecule has 112 valence electrons. The van der Waals surface area contributed by atoms with Gasteiger partial charge in [0.1, 0.15) is 5.82 Å². The van der Waals surface area contributed by atoms with Gasteiger partial charge in [-0.1, -0.05) is 12.1 Å². The molecule has 5 heteroatoms. The van der Waals surface area contributed by atoms with E-state index in [0.29, 0.717) is 22.6 Å². The number of nitriles is 1. The standard InChI is InChI=1S/C17H13FINO2/c1-21-16-8-11(7-15(19)17(16)22-2)6-13(10-20)12-4-3-5-14(18)9-12/h3-9H,1-2H3/b13-6+. The fraction of sp³-hybridized carbons (Fsp3) is 0.118. The Balaban J connectivity index is 2.51. The summed E-state index contributed by atoms with van der Waals surface area (Å²) in [5.41, 5.74) is 1.69. The first-order chi connectivity index (χ1) is 10.6. The number of hydrogen-bond donors (Lipinski definition) is 0. The number of nitrogens with zero attached hydrogens (tertiary/aromatic N) is 1. The molecule has 2 aromatic rings. The van der Waals surface area contributed by atoms with E-state index in [4.69, 9.17) is 9.47 Å².